The molecular formula is C24H29N5O3S. The zero-order valence-electron chi connectivity index (χ0n) is 18.9. The van der Waals surface area contributed by atoms with Crippen LogP contribution in [-0.4, -0.2) is 53.5 Å². The number of benzene rings is 2. The van der Waals surface area contributed by atoms with Crippen molar-refractivity contribution in [3.63, 3.8) is 0 Å². The van der Waals surface area contributed by atoms with Crippen LogP contribution in [-0.2, 0) is 16.1 Å². The topological polar surface area (TPSA) is 86.3 Å². The lowest BCUT2D eigenvalue weighted by molar-refractivity contribution is -0.128. The number of hydrogen-bond donors (Lipinski definition) is 2. The van der Waals surface area contributed by atoms with E-state index in [0.717, 1.165) is 11.3 Å². The predicted molar refractivity (Wildman–Crippen MR) is 131 cm³/mol. The molecule has 9 heteroatoms. The monoisotopic (exact) mass is 467 g/mol. The van der Waals surface area contributed by atoms with E-state index in [1.54, 1.807) is 4.90 Å². The Balaban J connectivity index is 1.50. The van der Waals surface area contributed by atoms with Crippen molar-refractivity contribution in [1.29, 1.82) is 0 Å². The summed E-state index contributed by atoms with van der Waals surface area (Å²) in [6.45, 7) is 6.15. The van der Waals surface area contributed by atoms with Gasteiger partial charge in [-0.1, -0.05) is 42.1 Å². The van der Waals surface area contributed by atoms with Crippen molar-refractivity contribution in [3.05, 3.63) is 60.2 Å². The summed E-state index contributed by atoms with van der Waals surface area (Å²) in [6, 6.07) is 17.3. The maximum Gasteiger partial charge on any atom is 0.241 e. The van der Waals surface area contributed by atoms with Crippen LogP contribution in [0.3, 0.4) is 0 Å². The number of nitrogens with zero attached hydrogens (tertiary/aromatic N) is 3. The van der Waals surface area contributed by atoms with Crippen LogP contribution in [0.1, 0.15) is 19.4 Å². The van der Waals surface area contributed by atoms with Gasteiger partial charge >= 0.3 is 0 Å². The van der Waals surface area contributed by atoms with Crippen molar-refractivity contribution < 1.29 is 14.3 Å². The minimum Gasteiger partial charge on any atom is -0.494 e. The van der Waals surface area contributed by atoms with Crippen LogP contribution in [0, 0.1) is 5.92 Å². The highest BCUT2D eigenvalue weighted by Gasteiger charge is 2.42. The molecule has 2 aliphatic heterocycles. The van der Waals surface area contributed by atoms with Gasteiger partial charge in [0.25, 0.3) is 0 Å². The Morgan fingerprint density at radius 3 is 2.64 bits per heavy atom. The molecule has 2 N–H and O–H groups in total. The highest BCUT2D eigenvalue weighted by molar-refractivity contribution is 8.14. The van der Waals surface area contributed by atoms with Gasteiger partial charge < -0.3 is 9.64 Å². The number of aliphatic imine (C=N–C) groups is 1. The molecule has 2 aromatic carbocycles. The second kappa shape index (κ2) is 10.8. The van der Waals surface area contributed by atoms with Gasteiger partial charge in [-0.05, 0) is 43.7 Å². The third-order valence-electron chi connectivity index (χ3n) is 5.61. The average Bonchev–Trinajstić information content (AvgIpc) is 3.32. The fourth-order valence-corrected chi connectivity index (χ4v) is 4.81. The molecule has 0 spiro atoms. The van der Waals surface area contributed by atoms with Crippen LogP contribution in [0.25, 0.3) is 0 Å². The summed E-state index contributed by atoms with van der Waals surface area (Å²) in [7, 11) is 0. The maximum absolute atomic E-state index is 13.3. The van der Waals surface area contributed by atoms with Crippen molar-refractivity contribution in [1.82, 2.24) is 15.8 Å². The molecule has 2 atom stereocenters. The van der Waals surface area contributed by atoms with Gasteiger partial charge in [-0.3, -0.25) is 19.9 Å². The Morgan fingerprint density at radius 1 is 1.18 bits per heavy atom. The summed E-state index contributed by atoms with van der Waals surface area (Å²) in [6.07, 6.45) is -0.333. The molecule has 1 fully saturated rings. The largest absolute Gasteiger partial charge is 0.494 e. The van der Waals surface area contributed by atoms with Crippen LogP contribution < -0.4 is 20.5 Å². The van der Waals surface area contributed by atoms with Gasteiger partial charge in [0.2, 0.25) is 11.8 Å². The van der Waals surface area contributed by atoms with Gasteiger partial charge in [0.05, 0.1) is 24.0 Å². The first-order valence-electron chi connectivity index (χ1n) is 11.2. The molecule has 2 heterocycles. The molecule has 2 aliphatic rings. The lowest BCUT2D eigenvalue weighted by Gasteiger charge is -2.32. The van der Waals surface area contributed by atoms with Crippen LogP contribution in [0.2, 0.25) is 0 Å². The van der Waals surface area contributed by atoms with Gasteiger partial charge in [-0.2, -0.15) is 0 Å². The van der Waals surface area contributed by atoms with Gasteiger partial charge in [-0.25, -0.2) is 10.4 Å². The van der Waals surface area contributed by atoms with Gasteiger partial charge in [0.1, 0.15) is 11.9 Å². The van der Waals surface area contributed by atoms with Crippen LogP contribution in [0.4, 0.5) is 5.69 Å². The Kier molecular flexibility index (Phi) is 7.64. The molecule has 0 aromatic heterocycles. The number of carbonyl (C=O) groups excluding carboxylic acids is 2. The molecule has 2 aromatic rings. The molecule has 2 unspecified atom stereocenters. The number of hydrogen-bond acceptors (Lipinski definition) is 7. The van der Waals surface area contributed by atoms with Gasteiger partial charge in [0, 0.05) is 19.6 Å². The molecule has 2 amide bonds. The number of ether oxygens (including phenoxy) is 1. The van der Waals surface area contributed by atoms with Crippen molar-refractivity contribution in [2.24, 2.45) is 10.9 Å². The SMILES string of the molecule is CCOc1ccc(N2C(=O)C3CNNC3N=C2SCC(=O)N(CC)Cc2ccccc2)cc1. The quantitative estimate of drug-likeness (QED) is 0.621. The predicted octanol–water partition coefficient (Wildman–Crippen LogP) is 2.62. The Bertz CT molecular complexity index is 999. The fraction of sp³-hybridized carbons (Fsp3) is 0.375. The van der Waals surface area contributed by atoms with Crippen LogP contribution >= 0.6 is 11.8 Å². The minimum atomic E-state index is -0.333. The molecule has 33 heavy (non-hydrogen) atoms. The number of nitrogens with one attached hydrogen (secondary N) is 2. The van der Waals surface area contributed by atoms with E-state index in [9.17, 15) is 9.59 Å². The molecule has 4 rings (SSSR count). The third kappa shape index (κ3) is 5.38. The first-order valence-corrected chi connectivity index (χ1v) is 12.2. The molecule has 0 saturated carbocycles. The van der Waals surface area contributed by atoms with Gasteiger partial charge in [-0.15, -0.1) is 0 Å². The van der Waals surface area contributed by atoms with Crippen molar-refractivity contribution in [2.45, 2.75) is 26.6 Å². The minimum absolute atomic E-state index is 0.00720. The van der Waals surface area contributed by atoms with Crippen molar-refractivity contribution in [3.8, 4) is 5.75 Å². The number of anilines is 1. The van der Waals surface area contributed by atoms with E-state index in [4.69, 9.17) is 9.73 Å². The average molecular weight is 468 g/mol. The molecule has 8 nitrogen and oxygen atoms in total. The molecule has 1 saturated heterocycles. The van der Waals surface area contributed by atoms with E-state index in [2.05, 4.69) is 10.9 Å². The summed E-state index contributed by atoms with van der Waals surface area (Å²) in [5.74, 6) is 0.622. The summed E-state index contributed by atoms with van der Waals surface area (Å²) >= 11 is 1.29. The summed E-state index contributed by atoms with van der Waals surface area (Å²) in [4.78, 5) is 34.5. The van der Waals surface area contributed by atoms with Crippen molar-refractivity contribution >= 4 is 34.4 Å². The second-order valence-corrected chi connectivity index (χ2v) is 8.71. The zero-order valence-corrected chi connectivity index (χ0v) is 19.7. The Hall–Kier alpha value is -2.88. The Morgan fingerprint density at radius 2 is 1.94 bits per heavy atom. The third-order valence-corrected chi connectivity index (χ3v) is 6.55. The number of thioether (sulfide) groups is 1. The number of carbonyl (C=O) groups is 2. The first kappa shape index (κ1) is 23.3. The number of fused-ring (bicyclic) bond motifs is 1. The lowest BCUT2D eigenvalue weighted by Crippen LogP contribution is -2.49. The van der Waals surface area contributed by atoms with Crippen LogP contribution in [0.5, 0.6) is 5.75 Å². The highest BCUT2D eigenvalue weighted by atomic mass is 32.2. The standard InChI is InChI=1S/C24H29N5O3S/c1-3-28(15-17-8-6-5-7-9-17)21(30)16-33-24-26-22-20(14-25-27-22)23(31)29(24)18-10-12-19(13-11-18)32-4-2/h5-13,20,22,25,27H,3-4,14-16H2,1-2H3. The highest BCUT2D eigenvalue weighted by Crippen LogP contribution is 2.30. The maximum atomic E-state index is 13.3. The molecule has 0 radical (unpaired) electrons. The summed E-state index contributed by atoms with van der Waals surface area (Å²) < 4.78 is 5.53. The first-order chi connectivity index (χ1) is 16.1. The van der Waals surface area contributed by atoms with E-state index in [1.807, 2.05) is 73.3 Å². The summed E-state index contributed by atoms with van der Waals surface area (Å²) in [5.41, 5.74) is 7.88. The summed E-state index contributed by atoms with van der Waals surface area (Å²) in [5, 5.41) is 0.519. The Labute approximate surface area is 198 Å². The van der Waals surface area contributed by atoms with E-state index in [1.165, 1.54) is 11.8 Å². The number of amidine groups is 1. The van der Waals surface area contributed by atoms with E-state index in [0.29, 0.717) is 37.1 Å². The second-order valence-electron chi connectivity index (χ2n) is 7.77. The number of hydrazine groups is 1. The van der Waals surface area contributed by atoms with E-state index in [-0.39, 0.29) is 29.7 Å². The smallest absolute Gasteiger partial charge is 0.241 e. The van der Waals surface area contributed by atoms with Crippen LogP contribution in [0.15, 0.2) is 59.6 Å². The number of amides is 2. The normalized spacial score (nSPS) is 19.8. The molecule has 174 valence electrons. The molecule has 0 bridgehead atoms. The number of rotatable bonds is 8. The van der Waals surface area contributed by atoms with Crippen molar-refractivity contribution in [2.75, 3.05) is 30.3 Å². The zero-order chi connectivity index (χ0) is 23.2. The molecular weight excluding hydrogens is 438 g/mol. The van der Waals surface area contributed by atoms with E-state index >= 15 is 0 Å². The molecule has 0 aliphatic carbocycles. The van der Waals surface area contributed by atoms with Gasteiger partial charge in [0.15, 0.2) is 5.17 Å². The van der Waals surface area contributed by atoms with E-state index < -0.39 is 0 Å². The fourth-order valence-electron chi connectivity index (χ4n) is 3.86. The lowest BCUT2D eigenvalue weighted by atomic mass is 10.0.